The number of halogens is 1. The van der Waals surface area contributed by atoms with Gasteiger partial charge in [-0.3, -0.25) is 9.59 Å². The van der Waals surface area contributed by atoms with Crippen molar-refractivity contribution in [3.8, 4) is 0 Å². The highest BCUT2D eigenvalue weighted by Gasteiger charge is 2.28. The molecule has 0 bridgehead atoms. The van der Waals surface area contributed by atoms with Gasteiger partial charge in [-0.1, -0.05) is 15.9 Å². The van der Waals surface area contributed by atoms with E-state index in [2.05, 4.69) is 21.2 Å². The maximum absolute atomic E-state index is 12.1. The summed E-state index contributed by atoms with van der Waals surface area (Å²) < 4.78 is 0.934. The van der Waals surface area contributed by atoms with Gasteiger partial charge in [-0.15, -0.1) is 0 Å². The molecule has 1 unspecified atom stereocenters. The molecule has 0 spiro atoms. The number of rotatable bonds is 2. The molecule has 2 rings (SSSR count). The number of carbonyl (C=O) groups is 2. The number of aryl methyl sites for hydroxylation is 1. The second-order valence-electron chi connectivity index (χ2n) is 4.60. The molecule has 2 N–H and O–H groups in total. The molecular formula is C13H15BrN2O3. The first-order valence-corrected chi connectivity index (χ1v) is 6.78. The standard InChI is InChI=1S/C13H15BrN2O3/c1-8-4-10(14)2-3-11(8)16-7-9(13(18)19)5-15-6-12(16)17/h2-4,9,15H,5-7H2,1H3,(H,18,19). The van der Waals surface area contributed by atoms with Gasteiger partial charge in [0, 0.05) is 23.2 Å². The second kappa shape index (κ2) is 5.71. The van der Waals surface area contributed by atoms with E-state index in [0.29, 0.717) is 6.54 Å². The van der Waals surface area contributed by atoms with Gasteiger partial charge in [0.1, 0.15) is 0 Å². The Morgan fingerprint density at radius 3 is 2.89 bits per heavy atom. The highest BCUT2D eigenvalue weighted by atomic mass is 79.9. The van der Waals surface area contributed by atoms with Gasteiger partial charge in [-0.2, -0.15) is 0 Å². The Morgan fingerprint density at radius 1 is 1.53 bits per heavy atom. The van der Waals surface area contributed by atoms with Gasteiger partial charge in [-0.25, -0.2) is 0 Å². The lowest BCUT2D eigenvalue weighted by molar-refractivity contribution is -0.141. The summed E-state index contributed by atoms with van der Waals surface area (Å²) in [6.07, 6.45) is 0. The fourth-order valence-electron chi connectivity index (χ4n) is 2.16. The van der Waals surface area contributed by atoms with Gasteiger partial charge in [0.05, 0.1) is 12.5 Å². The molecule has 0 saturated carbocycles. The normalized spacial score (nSPS) is 20.2. The molecule has 1 aromatic rings. The predicted octanol–water partition coefficient (Wildman–Crippen LogP) is 1.39. The lowest BCUT2D eigenvalue weighted by atomic mass is 10.1. The van der Waals surface area contributed by atoms with Crippen molar-refractivity contribution < 1.29 is 14.7 Å². The summed E-state index contributed by atoms with van der Waals surface area (Å²) in [6, 6.07) is 5.60. The molecule has 1 atom stereocenters. The van der Waals surface area contributed by atoms with Crippen molar-refractivity contribution in [1.82, 2.24) is 5.32 Å². The molecule has 6 heteroatoms. The molecule has 1 amide bonds. The van der Waals surface area contributed by atoms with Gasteiger partial charge in [0.15, 0.2) is 0 Å². The zero-order chi connectivity index (χ0) is 14.0. The van der Waals surface area contributed by atoms with Crippen LogP contribution in [0.5, 0.6) is 0 Å². The van der Waals surface area contributed by atoms with Crippen LogP contribution in [0.25, 0.3) is 0 Å². The third-order valence-corrected chi connectivity index (χ3v) is 3.66. The summed E-state index contributed by atoms with van der Waals surface area (Å²) in [6.45, 7) is 2.58. The molecule has 0 aromatic heterocycles. The number of carboxylic acids is 1. The Hall–Kier alpha value is -1.40. The van der Waals surface area contributed by atoms with Crippen LogP contribution in [0, 0.1) is 12.8 Å². The molecule has 1 heterocycles. The monoisotopic (exact) mass is 326 g/mol. The van der Waals surface area contributed by atoms with E-state index < -0.39 is 11.9 Å². The van der Waals surface area contributed by atoms with Crippen molar-refractivity contribution in [3.05, 3.63) is 28.2 Å². The second-order valence-corrected chi connectivity index (χ2v) is 5.52. The van der Waals surface area contributed by atoms with Crippen LogP contribution in [-0.2, 0) is 9.59 Å². The van der Waals surface area contributed by atoms with Crippen LogP contribution in [-0.4, -0.2) is 36.6 Å². The number of nitrogens with zero attached hydrogens (tertiary/aromatic N) is 1. The fourth-order valence-corrected chi connectivity index (χ4v) is 2.63. The number of benzene rings is 1. The first-order chi connectivity index (χ1) is 8.99. The van der Waals surface area contributed by atoms with Crippen LogP contribution in [0.15, 0.2) is 22.7 Å². The Kier molecular flexibility index (Phi) is 4.21. The number of amides is 1. The van der Waals surface area contributed by atoms with E-state index >= 15 is 0 Å². The van der Waals surface area contributed by atoms with Crippen LogP contribution in [0.1, 0.15) is 5.56 Å². The minimum atomic E-state index is -0.887. The first-order valence-electron chi connectivity index (χ1n) is 5.99. The molecule has 1 fully saturated rings. The number of aliphatic carboxylic acids is 1. The van der Waals surface area contributed by atoms with Crippen molar-refractivity contribution in [3.63, 3.8) is 0 Å². The van der Waals surface area contributed by atoms with Crippen LogP contribution in [0.3, 0.4) is 0 Å². The average Bonchev–Trinajstić information content (AvgIpc) is 2.52. The Labute approximate surface area is 119 Å². The minimum Gasteiger partial charge on any atom is -0.481 e. The molecule has 0 radical (unpaired) electrons. The molecular weight excluding hydrogens is 312 g/mol. The van der Waals surface area contributed by atoms with E-state index in [1.807, 2.05) is 25.1 Å². The predicted molar refractivity (Wildman–Crippen MR) is 75.2 cm³/mol. The number of carbonyl (C=O) groups excluding carboxylic acids is 1. The van der Waals surface area contributed by atoms with Crippen molar-refractivity contribution in [1.29, 1.82) is 0 Å². The first kappa shape index (κ1) is 14.0. The maximum atomic E-state index is 12.1. The molecule has 5 nitrogen and oxygen atoms in total. The lowest BCUT2D eigenvalue weighted by Crippen LogP contribution is -2.37. The van der Waals surface area contributed by atoms with Crippen LogP contribution in [0.4, 0.5) is 5.69 Å². The SMILES string of the molecule is Cc1cc(Br)ccc1N1CC(C(=O)O)CNCC1=O. The van der Waals surface area contributed by atoms with Crippen molar-refractivity contribution in [2.75, 3.05) is 24.5 Å². The highest BCUT2D eigenvalue weighted by molar-refractivity contribution is 9.10. The number of nitrogens with one attached hydrogen (secondary N) is 1. The van der Waals surface area contributed by atoms with Gasteiger partial charge in [-0.05, 0) is 30.7 Å². The summed E-state index contributed by atoms with van der Waals surface area (Å²) in [4.78, 5) is 24.8. The number of carboxylic acid groups (broad SMARTS) is 1. The quantitative estimate of drug-likeness (QED) is 0.861. The van der Waals surface area contributed by atoms with Crippen LogP contribution >= 0.6 is 15.9 Å². The molecule has 1 saturated heterocycles. The van der Waals surface area contributed by atoms with E-state index in [1.165, 1.54) is 0 Å². The van der Waals surface area contributed by atoms with E-state index in [1.54, 1.807) is 4.90 Å². The third-order valence-electron chi connectivity index (χ3n) is 3.17. The molecule has 1 aromatic carbocycles. The third kappa shape index (κ3) is 3.13. The smallest absolute Gasteiger partial charge is 0.309 e. The highest BCUT2D eigenvalue weighted by Crippen LogP contribution is 2.25. The van der Waals surface area contributed by atoms with E-state index in [0.717, 1.165) is 15.7 Å². The zero-order valence-corrected chi connectivity index (χ0v) is 12.1. The summed E-state index contributed by atoms with van der Waals surface area (Å²) in [5.41, 5.74) is 1.71. The molecule has 0 aliphatic carbocycles. The summed E-state index contributed by atoms with van der Waals surface area (Å²) in [5.74, 6) is -1.58. The summed E-state index contributed by atoms with van der Waals surface area (Å²) in [5, 5.41) is 12.0. The van der Waals surface area contributed by atoms with Crippen molar-refractivity contribution in [2.45, 2.75) is 6.92 Å². The molecule has 1 aliphatic heterocycles. The Balaban J connectivity index is 2.33. The Morgan fingerprint density at radius 2 is 2.26 bits per heavy atom. The van der Waals surface area contributed by atoms with Gasteiger partial charge >= 0.3 is 5.97 Å². The molecule has 19 heavy (non-hydrogen) atoms. The largest absolute Gasteiger partial charge is 0.481 e. The van der Waals surface area contributed by atoms with E-state index in [9.17, 15) is 9.59 Å². The number of anilines is 1. The summed E-state index contributed by atoms with van der Waals surface area (Å²) in [7, 11) is 0. The van der Waals surface area contributed by atoms with Gasteiger partial charge in [0.25, 0.3) is 0 Å². The fraction of sp³-hybridized carbons (Fsp3) is 0.385. The molecule has 1 aliphatic rings. The van der Waals surface area contributed by atoms with E-state index in [4.69, 9.17) is 5.11 Å². The Bertz CT molecular complexity index is 519. The topological polar surface area (TPSA) is 69.6 Å². The maximum Gasteiger partial charge on any atom is 0.309 e. The van der Waals surface area contributed by atoms with Crippen LogP contribution < -0.4 is 10.2 Å². The van der Waals surface area contributed by atoms with E-state index in [-0.39, 0.29) is 19.0 Å². The number of hydrogen-bond donors (Lipinski definition) is 2. The lowest BCUT2D eigenvalue weighted by Gasteiger charge is -2.24. The van der Waals surface area contributed by atoms with Gasteiger partial charge in [0.2, 0.25) is 5.91 Å². The molecule has 102 valence electrons. The van der Waals surface area contributed by atoms with Crippen molar-refractivity contribution in [2.24, 2.45) is 5.92 Å². The average molecular weight is 327 g/mol. The van der Waals surface area contributed by atoms with Gasteiger partial charge < -0.3 is 15.3 Å². The summed E-state index contributed by atoms with van der Waals surface area (Å²) >= 11 is 3.38. The zero-order valence-electron chi connectivity index (χ0n) is 10.5. The van der Waals surface area contributed by atoms with Crippen LogP contribution in [0.2, 0.25) is 0 Å². The minimum absolute atomic E-state index is 0.103. The number of hydrogen-bond acceptors (Lipinski definition) is 3. The van der Waals surface area contributed by atoms with Crippen molar-refractivity contribution >= 4 is 33.5 Å².